The summed E-state index contributed by atoms with van der Waals surface area (Å²) in [6.07, 6.45) is 0. The monoisotopic (exact) mass is 327 g/mol. The third-order valence-electron chi connectivity index (χ3n) is 3.42. The number of nitrogens with one attached hydrogen (secondary N) is 1. The number of rotatable bonds is 4. The molecule has 0 bridgehead atoms. The third kappa shape index (κ3) is 3.78. The standard InChI is InChI=1S/C18H17NO5/c1-11-6-4-5-7-15(11)16(20)19-14-9-12(17(21)23-2)8-13(10-14)18(22)24-3/h4-10H,1-3H3,(H,19,20). The highest BCUT2D eigenvalue weighted by Gasteiger charge is 2.16. The Kier molecular flexibility index (Phi) is 5.31. The molecule has 124 valence electrons. The van der Waals surface area contributed by atoms with Crippen molar-refractivity contribution in [3.8, 4) is 0 Å². The molecule has 0 radical (unpaired) electrons. The summed E-state index contributed by atoms with van der Waals surface area (Å²) < 4.78 is 9.33. The molecule has 1 N–H and O–H groups in total. The van der Waals surface area contributed by atoms with Crippen molar-refractivity contribution in [1.82, 2.24) is 0 Å². The molecule has 0 aliphatic carbocycles. The van der Waals surface area contributed by atoms with Crippen molar-refractivity contribution in [2.24, 2.45) is 0 Å². The molecule has 0 fully saturated rings. The topological polar surface area (TPSA) is 81.7 Å². The molecule has 0 aliphatic heterocycles. The van der Waals surface area contributed by atoms with Crippen LogP contribution in [0.15, 0.2) is 42.5 Å². The Morgan fingerprint density at radius 1 is 0.875 bits per heavy atom. The van der Waals surface area contributed by atoms with Crippen LogP contribution < -0.4 is 5.32 Å². The zero-order valence-corrected chi connectivity index (χ0v) is 13.6. The second-order valence-electron chi connectivity index (χ2n) is 5.05. The van der Waals surface area contributed by atoms with Gasteiger partial charge in [-0.1, -0.05) is 18.2 Å². The van der Waals surface area contributed by atoms with Crippen molar-refractivity contribution < 1.29 is 23.9 Å². The Hall–Kier alpha value is -3.15. The van der Waals surface area contributed by atoms with Crippen LogP contribution in [0.1, 0.15) is 36.6 Å². The van der Waals surface area contributed by atoms with Gasteiger partial charge in [-0.3, -0.25) is 4.79 Å². The maximum absolute atomic E-state index is 12.4. The van der Waals surface area contributed by atoms with Crippen molar-refractivity contribution in [3.63, 3.8) is 0 Å². The van der Waals surface area contributed by atoms with Crippen LogP contribution >= 0.6 is 0 Å². The largest absolute Gasteiger partial charge is 0.465 e. The number of amides is 1. The van der Waals surface area contributed by atoms with Crippen LogP contribution in [0.2, 0.25) is 0 Å². The van der Waals surface area contributed by atoms with E-state index < -0.39 is 11.9 Å². The molecule has 2 aromatic carbocycles. The maximum Gasteiger partial charge on any atom is 0.337 e. The van der Waals surface area contributed by atoms with E-state index in [0.29, 0.717) is 11.3 Å². The van der Waals surface area contributed by atoms with Crippen LogP contribution in [0.4, 0.5) is 5.69 Å². The molecule has 1 amide bonds. The van der Waals surface area contributed by atoms with E-state index in [-0.39, 0.29) is 17.0 Å². The number of ether oxygens (including phenoxy) is 2. The van der Waals surface area contributed by atoms with E-state index in [9.17, 15) is 14.4 Å². The van der Waals surface area contributed by atoms with Gasteiger partial charge in [-0.15, -0.1) is 0 Å². The van der Waals surface area contributed by atoms with Crippen LogP contribution in [0, 0.1) is 6.92 Å². The summed E-state index contributed by atoms with van der Waals surface area (Å²) in [6.45, 7) is 1.82. The van der Waals surface area contributed by atoms with Gasteiger partial charge in [0.25, 0.3) is 5.91 Å². The first-order chi connectivity index (χ1) is 11.5. The summed E-state index contributed by atoms with van der Waals surface area (Å²) in [5.41, 5.74) is 1.89. The number of anilines is 1. The van der Waals surface area contributed by atoms with Gasteiger partial charge < -0.3 is 14.8 Å². The van der Waals surface area contributed by atoms with Crippen LogP contribution in [0.25, 0.3) is 0 Å². The van der Waals surface area contributed by atoms with Crippen LogP contribution in [0.3, 0.4) is 0 Å². The molecule has 0 unspecified atom stereocenters. The Bertz CT molecular complexity index is 763. The number of carbonyl (C=O) groups excluding carboxylic acids is 3. The van der Waals surface area contributed by atoms with E-state index in [4.69, 9.17) is 0 Å². The first kappa shape index (κ1) is 17.2. The summed E-state index contributed by atoms with van der Waals surface area (Å²) in [6, 6.07) is 11.3. The van der Waals surface area contributed by atoms with E-state index in [1.54, 1.807) is 12.1 Å². The molecule has 0 atom stereocenters. The fourth-order valence-electron chi connectivity index (χ4n) is 2.20. The lowest BCUT2D eigenvalue weighted by atomic mass is 10.1. The molecule has 6 heteroatoms. The summed E-state index contributed by atoms with van der Waals surface area (Å²) in [4.78, 5) is 35.9. The molecule has 0 spiro atoms. The van der Waals surface area contributed by atoms with Gasteiger partial charge in [0.1, 0.15) is 0 Å². The van der Waals surface area contributed by atoms with Crippen molar-refractivity contribution in [1.29, 1.82) is 0 Å². The summed E-state index contributed by atoms with van der Waals surface area (Å²) in [5, 5.41) is 2.68. The Morgan fingerprint density at radius 3 is 1.92 bits per heavy atom. The number of methoxy groups -OCH3 is 2. The lowest BCUT2D eigenvalue weighted by molar-refractivity contribution is 0.0599. The molecular weight excluding hydrogens is 310 g/mol. The minimum Gasteiger partial charge on any atom is -0.465 e. The van der Waals surface area contributed by atoms with Crippen LogP contribution in [-0.4, -0.2) is 32.1 Å². The highest BCUT2D eigenvalue weighted by atomic mass is 16.5. The van der Waals surface area contributed by atoms with Crippen molar-refractivity contribution >= 4 is 23.5 Å². The predicted molar refractivity (Wildman–Crippen MR) is 88.3 cm³/mol. The van der Waals surface area contributed by atoms with E-state index in [0.717, 1.165) is 5.56 Å². The molecular formula is C18H17NO5. The van der Waals surface area contributed by atoms with Crippen molar-refractivity contribution in [2.45, 2.75) is 6.92 Å². The molecule has 24 heavy (non-hydrogen) atoms. The SMILES string of the molecule is COC(=O)c1cc(NC(=O)c2ccccc2C)cc(C(=O)OC)c1. The van der Waals surface area contributed by atoms with E-state index in [1.165, 1.54) is 32.4 Å². The second-order valence-corrected chi connectivity index (χ2v) is 5.05. The van der Waals surface area contributed by atoms with Gasteiger partial charge in [0, 0.05) is 11.3 Å². The minimum atomic E-state index is -0.618. The number of hydrogen-bond acceptors (Lipinski definition) is 5. The first-order valence-corrected chi connectivity index (χ1v) is 7.15. The number of benzene rings is 2. The molecule has 0 saturated carbocycles. The first-order valence-electron chi connectivity index (χ1n) is 7.15. The van der Waals surface area contributed by atoms with Crippen LogP contribution in [-0.2, 0) is 9.47 Å². The van der Waals surface area contributed by atoms with Gasteiger partial charge in [0.2, 0.25) is 0 Å². The number of hydrogen-bond donors (Lipinski definition) is 1. The molecule has 0 aromatic heterocycles. The lowest BCUT2D eigenvalue weighted by Crippen LogP contribution is -2.15. The Balaban J connectivity index is 2.38. The van der Waals surface area contributed by atoms with Gasteiger partial charge >= 0.3 is 11.9 Å². The van der Waals surface area contributed by atoms with E-state index >= 15 is 0 Å². The normalized spacial score (nSPS) is 9.96. The van der Waals surface area contributed by atoms with Crippen molar-refractivity contribution in [2.75, 3.05) is 19.5 Å². The zero-order valence-electron chi connectivity index (χ0n) is 13.6. The molecule has 0 aliphatic rings. The van der Waals surface area contributed by atoms with E-state index in [1.807, 2.05) is 19.1 Å². The second kappa shape index (κ2) is 7.41. The molecule has 2 rings (SSSR count). The van der Waals surface area contributed by atoms with Crippen LogP contribution in [0.5, 0.6) is 0 Å². The minimum absolute atomic E-state index is 0.139. The van der Waals surface area contributed by atoms with Gasteiger partial charge in [-0.05, 0) is 36.8 Å². The highest BCUT2D eigenvalue weighted by molar-refractivity contribution is 6.06. The van der Waals surface area contributed by atoms with Gasteiger partial charge in [-0.25, -0.2) is 9.59 Å². The summed E-state index contributed by atoms with van der Waals surface area (Å²) in [7, 11) is 2.47. The van der Waals surface area contributed by atoms with E-state index in [2.05, 4.69) is 14.8 Å². The number of aryl methyl sites for hydroxylation is 1. The summed E-state index contributed by atoms with van der Waals surface area (Å²) in [5.74, 6) is -1.58. The Labute approximate surface area is 139 Å². The van der Waals surface area contributed by atoms with Gasteiger partial charge in [-0.2, -0.15) is 0 Å². The fourth-order valence-corrected chi connectivity index (χ4v) is 2.20. The molecule has 6 nitrogen and oxygen atoms in total. The summed E-state index contributed by atoms with van der Waals surface area (Å²) >= 11 is 0. The predicted octanol–water partition coefficient (Wildman–Crippen LogP) is 2.82. The van der Waals surface area contributed by atoms with Gasteiger partial charge in [0.05, 0.1) is 25.3 Å². The fraction of sp³-hybridized carbons (Fsp3) is 0.167. The number of carbonyl (C=O) groups is 3. The highest BCUT2D eigenvalue weighted by Crippen LogP contribution is 2.18. The molecule has 0 saturated heterocycles. The zero-order chi connectivity index (χ0) is 17.7. The third-order valence-corrected chi connectivity index (χ3v) is 3.42. The average molecular weight is 327 g/mol. The smallest absolute Gasteiger partial charge is 0.337 e. The average Bonchev–Trinajstić information content (AvgIpc) is 2.60. The molecule has 2 aromatic rings. The lowest BCUT2D eigenvalue weighted by Gasteiger charge is -2.10. The number of esters is 2. The quantitative estimate of drug-likeness (QED) is 0.873. The van der Waals surface area contributed by atoms with Crippen molar-refractivity contribution in [3.05, 3.63) is 64.7 Å². The molecule has 0 heterocycles. The van der Waals surface area contributed by atoms with Gasteiger partial charge in [0.15, 0.2) is 0 Å². The Morgan fingerprint density at radius 2 is 1.42 bits per heavy atom. The maximum atomic E-state index is 12.4.